The van der Waals surface area contributed by atoms with Crippen LogP contribution in [0.3, 0.4) is 0 Å². The van der Waals surface area contributed by atoms with Gasteiger partial charge in [0.2, 0.25) is 0 Å². The Bertz CT molecular complexity index is 255. The number of hydrogen-bond donors (Lipinski definition) is 0. The summed E-state index contributed by atoms with van der Waals surface area (Å²) in [5, 5.41) is 0. The molecule has 0 N–H and O–H groups in total. The monoisotopic (exact) mass is 248 g/mol. The predicted octanol–water partition coefficient (Wildman–Crippen LogP) is 2.79. The number of aryl methyl sites for hydroxylation is 2. The normalized spacial score (nSPS) is 9.80. The summed E-state index contributed by atoms with van der Waals surface area (Å²) in [6, 6.07) is 6.05. The fourth-order valence-corrected chi connectivity index (χ4v) is 1.93. The maximum absolute atomic E-state index is 10.6. The molecule has 2 heteroatoms. The summed E-state index contributed by atoms with van der Waals surface area (Å²) < 4.78 is 11.6. The van der Waals surface area contributed by atoms with Crippen LogP contribution in [0.1, 0.15) is 11.1 Å². The number of halogens is 1. The zero-order valence-electron chi connectivity index (χ0n) is 6.02. The zero-order valence-corrected chi connectivity index (χ0v) is 8.18. The molecule has 0 aromatic heterocycles. The largest absolute Gasteiger partial charge is 0.265 e. The zero-order chi connectivity index (χ0) is 7.56. The summed E-state index contributed by atoms with van der Waals surface area (Å²) in [6.07, 6.45) is 0. The SMILES string of the molecule is Cc1ccc(C)c(I=O)c1. The van der Waals surface area contributed by atoms with Crippen LogP contribution in [0.5, 0.6) is 0 Å². The fourth-order valence-electron chi connectivity index (χ4n) is 0.781. The van der Waals surface area contributed by atoms with Crippen molar-refractivity contribution in [2.45, 2.75) is 13.8 Å². The van der Waals surface area contributed by atoms with E-state index in [1.807, 2.05) is 32.0 Å². The van der Waals surface area contributed by atoms with Crippen molar-refractivity contribution in [1.82, 2.24) is 0 Å². The minimum Gasteiger partial charge on any atom is -0.265 e. The van der Waals surface area contributed by atoms with Gasteiger partial charge in [0.15, 0.2) is 21.2 Å². The van der Waals surface area contributed by atoms with Crippen molar-refractivity contribution in [2.75, 3.05) is 0 Å². The van der Waals surface area contributed by atoms with E-state index in [1.54, 1.807) is 0 Å². The molecule has 1 rings (SSSR count). The quantitative estimate of drug-likeness (QED) is 0.698. The molecule has 54 valence electrons. The molecule has 0 aliphatic rings. The maximum atomic E-state index is 10.6. The van der Waals surface area contributed by atoms with Gasteiger partial charge in [-0.25, -0.2) is 0 Å². The molecule has 0 atom stereocenters. The highest BCUT2D eigenvalue weighted by molar-refractivity contribution is 14.1. The molecule has 0 heterocycles. The van der Waals surface area contributed by atoms with E-state index in [9.17, 15) is 3.07 Å². The van der Waals surface area contributed by atoms with Crippen LogP contribution in [0.15, 0.2) is 18.2 Å². The van der Waals surface area contributed by atoms with Crippen LogP contribution < -0.4 is 0 Å². The van der Waals surface area contributed by atoms with Crippen LogP contribution in [-0.2, 0) is 3.07 Å². The lowest BCUT2D eigenvalue weighted by Gasteiger charge is -1.96. The van der Waals surface area contributed by atoms with E-state index in [0.29, 0.717) is 0 Å². The average Bonchev–Trinajstić information content (AvgIpc) is 1.94. The van der Waals surface area contributed by atoms with Gasteiger partial charge in [0.1, 0.15) is 0 Å². The molecule has 0 fully saturated rings. The van der Waals surface area contributed by atoms with Gasteiger partial charge in [-0.05, 0) is 31.0 Å². The van der Waals surface area contributed by atoms with Crippen molar-refractivity contribution in [1.29, 1.82) is 0 Å². The van der Waals surface area contributed by atoms with Crippen molar-refractivity contribution in [3.05, 3.63) is 32.9 Å². The van der Waals surface area contributed by atoms with Gasteiger partial charge in [0, 0.05) is 3.57 Å². The van der Waals surface area contributed by atoms with E-state index in [1.165, 1.54) is 5.56 Å². The molecule has 0 saturated carbocycles. The van der Waals surface area contributed by atoms with Crippen LogP contribution in [0.25, 0.3) is 0 Å². The van der Waals surface area contributed by atoms with Gasteiger partial charge in [0.25, 0.3) is 0 Å². The van der Waals surface area contributed by atoms with Crippen molar-refractivity contribution in [3.63, 3.8) is 0 Å². The van der Waals surface area contributed by atoms with Gasteiger partial charge in [-0.15, -0.1) is 0 Å². The van der Waals surface area contributed by atoms with Crippen molar-refractivity contribution < 1.29 is 3.07 Å². The Morgan fingerprint density at radius 1 is 1.30 bits per heavy atom. The third kappa shape index (κ3) is 1.62. The Labute approximate surface area is 71.1 Å². The first-order chi connectivity index (χ1) is 4.74. The summed E-state index contributed by atoms with van der Waals surface area (Å²) >= 11 is -0.979. The molecule has 1 aromatic rings. The fraction of sp³-hybridized carbons (Fsp3) is 0.250. The molecule has 0 saturated heterocycles. The number of benzene rings is 1. The molecule has 1 nitrogen and oxygen atoms in total. The summed E-state index contributed by atoms with van der Waals surface area (Å²) in [5.74, 6) is 0. The lowest BCUT2D eigenvalue weighted by atomic mass is 10.2. The highest BCUT2D eigenvalue weighted by Gasteiger charge is 1.95. The Balaban J connectivity index is 3.21. The van der Waals surface area contributed by atoms with Crippen molar-refractivity contribution in [2.24, 2.45) is 0 Å². The van der Waals surface area contributed by atoms with Gasteiger partial charge < -0.3 is 0 Å². The van der Waals surface area contributed by atoms with E-state index in [-0.39, 0.29) is 0 Å². The van der Waals surface area contributed by atoms with Crippen LogP contribution in [0, 0.1) is 17.4 Å². The summed E-state index contributed by atoms with van der Waals surface area (Å²) in [4.78, 5) is 0. The van der Waals surface area contributed by atoms with E-state index in [4.69, 9.17) is 0 Å². The predicted molar refractivity (Wildman–Crippen MR) is 49.3 cm³/mol. The standard InChI is InChI=1S/C8H9IO/c1-6-3-4-7(2)8(5-6)9-10/h3-5H,1-2H3. The molecule has 0 aliphatic carbocycles. The van der Waals surface area contributed by atoms with Crippen LogP contribution in [-0.4, -0.2) is 0 Å². The second kappa shape index (κ2) is 3.23. The first-order valence-corrected chi connectivity index (χ1v) is 5.04. The smallest absolute Gasteiger partial charge is 0.182 e. The Morgan fingerprint density at radius 3 is 2.50 bits per heavy atom. The van der Waals surface area contributed by atoms with Crippen molar-refractivity contribution >= 4 is 21.2 Å². The molecule has 0 spiro atoms. The molecule has 0 unspecified atom stereocenters. The first-order valence-electron chi connectivity index (χ1n) is 3.08. The summed E-state index contributed by atoms with van der Waals surface area (Å²) in [6.45, 7) is 4.01. The molecular weight excluding hydrogens is 239 g/mol. The lowest BCUT2D eigenvalue weighted by molar-refractivity contribution is 0.648. The molecule has 0 radical (unpaired) electrons. The summed E-state index contributed by atoms with van der Waals surface area (Å²) in [5.41, 5.74) is 2.34. The molecule has 1 aromatic carbocycles. The minimum absolute atomic E-state index is 0.979. The highest BCUT2D eigenvalue weighted by atomic mass is 127. The van der Waals surface area contributed by atoms with Crippen molar-refractivity contribution in [3.8, 4) is 0 Å². The molecular formula is C8H9IO. The van der Waals surface area contributed by atoms with E-state index < -0.39 is 21.2 Å². The average molecular weight is 248 g/mol. The Morgan fingerprint density at radius 2 is 2.00 bits per heavy atom. The first kappa shape index (κ1) is 7.85. The maximum Gasteiger partial charge on any atom is 0.182 e. The van der Waals surface area contributed by atoms with Gasteiger partial charge in [-0.3, -0.25) is 3.07 Å². The third-order valence-electron chi connectivity index (χ3n) is 1.41. The molecule has 0 aliphatic heterocycles. The van der Waals surface area contributed by atoms with Crippen LogP contribution >= 0.6 is 21.2 Å². The highest BCUT2D eigenvalue weighted by Crippen LogP contribution is 2.16. The van der Waals surface area contributed by atoms with Gasteiger partial charge in [-0.1, -0.05) is 12.1 Å². The number of rotatable bonds is 1. The van der Waals surface area contributed by atoms with Gasteiger partial charge in [-0.2, -0.15) is 0 Å². The second-order valence-electron chi connectivity index (χ2n) is 2.33. The van der Waals surface area contributed by atoms with Crippen LogP contribution in [0.2, 0.25) is 0 Å². The third-order valence-corrected chi connectivity index (χ3v) is 3.05. The number of hydrogen-bond acceptors (Lipinski definition) is 1. The Hall–Kier alpha value is -0.250. The minimum atomic E-state index is -0.979. The topological polar surface area (TPSA) is 17.1 Å². The second-order valence-corrected chi connectivity index (χ2v) is 3.93. The molecule has 10 heavy (non-hydrogen) atoms. The van der Waals surface area contributed by atoms with E-state index >= 15 is 0 Å². The molecule has 0 bridgehead atoms. The van der Waals surface area contributed by atoms with Gasteiger partial charge in [0.05, 0.1) is 0 Å². The Kier molecular flexibility index (Phi) is 2.54. The molecule has 0 amide bonds. The van der Waals surface area contributed by atoms with E-state index in [2.05, 4.69) is 0 Å². The van der Waals surface area contributed by atoms with Gasteiger partial charge >= 0.3 is 0 Å². The van der Waals surface area contributed by atoms with Crippen LogP contribution in [0.4, 0.5) is 0 Å². The van der Waals surface area contributed by atoms with E-state index in [0.717, 1.165) is 9.13 Å². The summed E-state index contributed by atoms with van der Waals surface area (Å²) in [7, 11) is 0. The lowest BCUT2D eigenvalue weighted by Crippen LogP contribution is -1.80.